The second-order valence-electron chi connectivity index (χ2n) is 3.31. The van der Waals surface area contributed by atoms with E-state index in [2.05, 4.69) is 39.4 Å². The van der Waals surface area contributed by atoms with Gasteiger partial charge in [0.2, 0.25) is 0 Å². The van der Waals surface area contributed by atoms with E-state index in [0.717, 1.165) is 16.0 Å². The molecule has 0 saturated carbocycles. The van der Waals surface area contributed by atoms with Crippen LogP contribution in [0.1, 0.15) is 23.5 Å². The van der Waals surface area contributed by atoms with Crippen molar-refractivity contribution in [1.29, 1.82) is 0 Å². The first kappa shape index (κ1) is 11.8. The summed E-state index contributed by atoms with van der Waals surface area (Å²) in [5.41, 5.74) is 3.92. The van der Waals surface area contributed by atoms with Crippen LogP contribution >= 0.6 is 27.3 Å². The second-order valence-corrected chi connectivity index (χ2v) is 5.81. The van der Waals surface area contributed by atoms with Crippen LogP contribution in [0.15, 0.2) is 28.2 Å². The number of nitrogens with zero attached hydrogens (tertiary/aromatic N) is 2. The van der Waals surface area contributed by atoms with Gasteiger partial charge < -0.3 is 0 Å². The molecule has 0 aliphatic heterocycles. The highest BCUT2D eigenvalue weighted by Crippen LogP contribution is 2.30. The van der Waals surface area contributed by atoms with Crippen LogP contribution < -0.4 is 11.3 Å². The van der Waals surface area contributed by atoms with Crippen molar-refractivity contribution in [3.63, 3.8) is 0 Å². The van der Waals surface area contributed by atoms with Gasteiger partial charge in [0.25, 0.3) is 0 Å². The van der Waals surface area contributed by atoms with Gasteiger partial charge in [0.15, 0.2) is 0 Å². The Morgan fingerprint density at radius 2 is 2.38 bits per heavy atom. The number of nitrogens with two attached hydrogens (primary N) is 1. The molecule has 0 amide bonds. The Balaban J connectivity index is 2.36. The molecule has 0 fully saturated rings. The Morgan fingerprint density at radius 1 is 1.56 bits per heavy atom. The van der Waals surface area contributed by atoms with Crippen molar-refractivity contribution in [3.8, 4) is 0 Å². The predicted octanol–water partition coefficient (Wildman–Crippen LogP) is 2.28. The van der Waals surface area contributed by atoms with E-state index in [1.807, 2.05) is 16.8 Å². The van der Waals surface area contributed by atoms with Crippen LogP contribution in [0.4, 0.5) is 0 Å². The first-order valence-electron chi connectivity index (χ1n) is 4.99. The van der Waals surface area contributed by atoms with E-state index in [-0.39, 0.29) is 6.04 Å². The van der Waals surface area contributed by atoms with Gasteiger partial charge >= 0.3 is 0 Å². The zero-order valence-corrected chi connectivity index (χ0v) is 11.3. The third kappa shape index (κ3) is 2.20. The van der Waals surface area contributed by atoms with Gasteiger partial charge in [-0.2, -0.15) is 5.10 Å². The van der Waals surface area contributed by atoms with E-state index in [1.165, 1.54) is 4.88 Å². The first-order chi connectivity index (χ1) is 7.76. The van der Waals surface area contributed by atoms with Crippen LogP contribution in [0.3, 0.4) is 0 Å². The van der Waals surface area contributed by atoms with Crippen molar-refractivity contribution in [1.82, 2.24) is 15.2 Å². The first-order valence-corrected chi connectivity index (χ1v) is 6.60. The molecule has 16 heavy (non-hydrogen) atoms. The van der Waals surface area contributed by atoms with Gasteiger partial charge in [-0.25, -0.2) is 5.43 Å². The van der Waals surface area contributed by atoms with E-state index in [0.29, 0.717) is 0 Å². The maximum atomic E-state index is 5.63. The summed E-state index contributed by atoms with van der Waals surface area (Å²) in [5, 5.41) is 4.25. The molecule has 0 saturated heterocycles. The molecule has 2 rings (SSSR count). The molecule has 0 aliphatic carbocycles. The van der Waals surface area contributed by atoms with Gasteiger partial charge in [-0.15, -0.1) is 11.3 Å². The van der Waals surface area contributed by atoms with Gasteiger partial charge in [-0.1, -0.05) is 0 Å². The number of rotatable bonds is 4. The van der Waals surface area contributed by atoms with Gasteiger partial charge in [-0.3, -0.25) is 10.5 Å². The fourth-order valence-electron chi connectivity index (χ4n) is 1.65. The van der Waals surface area contributed by atoms with Gasteiger partial charge in [0, 0.05) is 17.6 Å². The molecule has 2 aromatic heterocycles. The molecule has 0 radical (unpaired) electrons. The number of aryl methyl sites for hydroxylation is 1. The van der Waals surface area contributed by atoms with Gasteiger partial charge in [-0.05, 0) is 41.1 Å². The summed E-state index contributed by atoms with van der Waals surface area (Å²) in [4.78, 5) is 1.17. The lowest BCUT2D eigenvalue weighted by Crippen LogP contribution is -2.30. The molecule has 1 atom stereocenters. The molecule has 0 bridgehead atoms. The summed E-state index contributed by atoms with van der Waals surface area (Å²) in [6, 6.07) is 6.07. The number of hydrazine groups is 1. The van der Waals surface area contributed by atoms with Crippen LogP contribution in [0.5, 0.6) is 0 Å². The number of hydrogen-bond donors (Lipinski definition) is 2. The third-order valence-corrected chi connectivity index (χ3v) is 4.08. The molecule has 2 heterocycles. The molecule has 0 aromatic carbocycles. The molecule has 0 spiro atoms. The van der Waals surface area contributed by atoms with Crippen molar-refractivity contribution >= 4 is 27.3 Å². The van der Waals surface area contributed by atoms with Gasteiger partial charge in [0.05, 0.1) is 15.5 Å². The van der Waals surface area contributed by atoms with Crippen molar-refractivity contribution in [2.24, 2.45) is 5.84 Å². The summed E-state index contributed by atoms with van der Waals surface area (Å²) in [5.74, 6) is 5.63. The molecular formula is C10H13BrN4S. The number of thiophene rings is 1. The Hall–Kier alpha value is -0.690. The Bertz CT molecular complexity index is 465. The Morgan fingerprint density at radius 3 is 2.94 bits per heavy atom. The Kier molecular flexibility index (Phi) is 3.75. The van der Waals surface area contributed by atoms with Crippen LogP contribution in [0.25, 0.3) is 0 Å². The predicted molar refractivity (Wildman–Crippen MR) is 69.1 cm³/mol. The zero-order chi connectivity index (χ0) is 11.5. The van der Waals surface area contributed by atoms with E-state index < -0.39 is 0 Å². The average Bonchev–Trinajstić information content (AvgIpc) is 2.89. The minimum absolute atomic E-state index is 0.00116. The van der Waals surface area contributed by atoms with Crippen molar-refractivity contribution in [3.05, 3.63) is 38.8 Å². The molecule has 4 nitrogen and oxygen atoms in total. The van der Waals surface area contributed by atoms with E-state index in [1.54, 1.807) is 17.5 Å². The molecule has 0 aliphatic rings. The number of aromatic nitrogens is 2. The maximum absolute atomic E-state index is 5.63. The highest BCUT2D eigenvalue weighted by molar-refractivity contribution is 9.11. The number of nitrogens with one attached hydrogen (secondary N) is 1. The minimum Gasteiger partial charge on any atom is -0.270 e. The molecular weight excluding hydrogens is 288 g/mol. The highest BCUT2D eigenvalue weighted by Gasteiger charge is 2.17. The number of halogens is 1. The van der Waals surface area contributed by atoms with E-state index >= 15 is 0 Å². The molecule has 86 valence electrons. The topological polar surface area (TPSA) is 55.9 Å². The van der Waals surface area contributed by atoms with Crippen molar-refractivity contribution < 1.29 is 0 Å². The van der Waals surface area contributed by atoms with E-state index in [4.69, 9.17) is 5.84 Å². The SMILES string of the molecule is CCn1nccc1C(NN)c1ccc(Br)s1. The zero-order valence-electron chi connectivity index (χ0n) is 8.85. The molecule has 1 unspecified atom stereocenters. The standard InChI is InChI=1S/C10H13BrN4S/c1-2-15-7(5-6-13-15)10(14-12)8-3-4-9(11)16-8/h3-6,10,14H,2,12H2,1H3. The highest BCUT2D eigenvalue weighted by atomic mass is 79.9. The lowest BCUT2D eigenvalue weighted by atomic mass is 10.2. The lowest BCUT2D eigenvalue weighted by Gasteiger charge is -2.15. The van der Waals surface area contributed by atoms with E-state index in [9.17, 15) is 0 Å². The summed E-state index contributed by atoms with van der Waals surface area (Å²) in [6.45, 7) is 2.90. The normalized spacial score (nSPS) is 12.9. The molecule has 2 aromatic rings. The third-order valence-electron chi connectivity index (χ3n) is 2.39. The van der Waals surface area contributed by atoms with Crippen LogP contribution in [-0.4, -0.2) is 9.78 Å². The molecule has 6 heteroatoms. The fourth-order valence-corrected chi connectivity index (χ4v) is 3.15. The maximum Gasteiger partial charge on any atom is 0.0970 e. The van der Waals surface area contributed by atoms with Crippen molar-refractivity contribution in [2.45, 2.75) is 19.5 Å². The summed E-state index contributed by atoms with van der Waals surface area (Å²) < 4.78 is 3.04. The van der Waals surface area contributed by atoms with Crippen molar-refractivity contribution in [2.75, 3.05) is 0 Å². The quantitative estimate of drug-likeness (QED) is 0.673. The summed E-state index contributed by atoms with van der Waals surface area (Å²) in [6.07, 6.45) is 1.80. The summed E-state index contributed by atoms with van der Waals surface area (Å²) >= 11 is 5.13. The largest absolute Gasteiger partial charge is 0.270 e. The van der Waals surface area contributed by atoms with Crippen LogP contribution in [0.2, 0.25) is 0 Å². The smallest absolute Gasteiger partial charge is 0.0970 e. The van der Waals surface area contributed by atoms with Crippen LogP contribution in [-0.2, 0) is 6.54 Å². The van der Waals surface area contributed by atoms with Gasteiger partial charge in [0.1, 0.15) is 0 Å². The average molecular weight is 301 g/mol. The molecule has 3 N–H and O–H groups in total. The fraction of sp³-hybridized carbons (Fsp3) is 0.300. The van der Waals surface area contributed by atoms with Crippen LogP contribution in [0, 0.1) is 0 Å². The Labute approximate surface area is 107 Å². The monoisotopic (exact) mass is 300 g/mol. The summed E-state index contributed by atoms with van der Waals surface area (Å²) in [7, 11) is 0. The lowest BCUT2D eigenvalue weighted by molar-refractivity contribution is 0.548. The number of hydrogen-bond acceptors (Lipinski definition) is 4. The minimum atomic E-state index is -0.00116. The second kappa shape index (κ2) is 5.09.